The van der Waals surface area contributed by atoms with Crippen LogP contribution >= 0.6 is 0 Å². The van der Waals surface area contributed by atoms with E-state index in [1.165, 1.54) is 18.4 Å². The minimum absolute atomic E-state index is 0.291. The first-order valence-corrected chi connectivity index (χ1v) is 12.9. The molecule has 0 spiro atoms. The molecule has 1 aliphatic carbocycles. The summed E-state index contributed by atoms with van der Waals surface area (Å²) in [5, 5.41) is 4.39. The first-order valence-electron chi connectivity index (χ1n) is 12.9. The molecule has 3 aromatic rings. The van der Waals surface area contributed by atoms with Gasteiger partial charge in [-0.2, -0.15) is 0 Å². The van der Waals surface area contributed by atoms with Crippen molar-refractivity contribution in [3.05, 3.63) is 88.5 Å². The van der Waals surface area contributed by atoms with Crippen LogP contribution in [0.5, 0.6) is 17.2 Å². The number of ether oxygens (including phenoxy) is 3. The van der Waals surface area contributed by atoms with Crippen LogP contribution in [0, 0.1) is 0 Å². The Morgan fingerprint density at radius 1 is 0.892 bits per heavy atom. The van der Waals surface area contributed by atoms with Crippen LogP contribution < -0.4 is 14.2 Å². The van der Waals surface area contributed by atoms with Gasteiger partial charge in [0, 0.05) is 17.0 Å². The van der Waals surface area contributed by atoms with Crippen molar-refractivity contribution in [1.82, 2.24) is 0 Å². The van der Waals surface area contributed by atoms with Gasteiger partial charge in [-0.25, -0.2) is 0 Å². The van der Waals surface area contributed by atoms with Crippen molar-refractivity contribution in [2.75, 3.05) is 21.3 Å². The highest BCUT2D eigenvalue weighted by molar-refractivity contribution is 6.16. The monoisotopic (exact) mass is 498 g/mol. The van der Waals surface area contributed by atoms with Crippen LogP contribution in [0.25, 0.3) is 0 Å². The summed E-state index contributed by atoms with van der Waals surface area (Å²) in [6.07, 6.45) is 4.72. The highest BCUT2D eigenvalue weighted by atomic mass is 16.6. The Morgan fingerprint density at radius 3 is 2.49 bits per heavy atom. The number of benzene rings is 3. The summed E-state index contributed by atoms with van der Waals surface area (Å²) in [6, 6.07) is 20.7. The molecule has 6 nitrogen and oxygen atoms in total. The smallest absolute Gasteiger partial charge is 0.161 e. The van der Waals surface area contributed by atoms with E-state index in [1.807, 2.05) is 31.2 Å². The Morgan fingerprint density at radius 2 is 1.68 bits per heavy atom. The van der Waals surface area contributed by atoms with Crippen molar-refractivity contribution in [1.29, 1.82) is 0 Å². The van der Waals surface area contributed by atoms with Gasteiger partial charge in [0.1, 0.15) is 12.4 Å². The molecule has 192 valence electrons. The van der Waals surface area contributed by atoms with E-state index < -0.39 is 0 Å². The Bertz CT molecular complexity index is 1330. The maximum Gasteiger partial charge on any atom is 0.161 e. The molecule has 2 atom stereocenters. The molecule has 1 heterocycles. The Kier molecular flexibility index (Phi) is 7.45. The van der Waals surface area contributed by atoms with Crippen molar-refractivity contribution in [3.63, 3.8) is 0 Å². The molecule has 6 heteroatoms. The number of fused-ring (bicyclic) bond motifs is 3. The van der Waals surface area contributed by atoms with E-state index in [0.717, 1.165) is 63.8 Å². The fourth-order valence-corrected chi connectivity index (χ4v) is 5.41. The van der Waals surface area contributed by atoms with E-state index in [0.29, 0.717) is 18.6 Å². The maximum absolute atomic E-state index is 5.68. The van der Waals surface area contributed by atoms with Crippen molar-refractivity contribution in [2.45, 2.75) is 51.2 Å². The zero-order valence-electron chi connectivity index (χ0n) is 22.0. The van der Waals surface area contributed by atoms with Crippen molar-refractivity contribution >= 4 is 11.4 Å². The topological polar surface area (TPSA) is 61.6 Å². The van der Waals surface area contributed by atoms with E-state index in [4.69, 9.17) is 24.0 Å². The second-order valence-corrected chi connectivity index (χ2v) is 9.61. The normalized spacial score (nSPS) is 18.8. The average Bonchev–Trinajstić information content (AvgIpc) is 2.96. The summed E-state index contributed by atoms with van der Waals surface area (Å²) in [5.41, 5.74) is 7.32. The molecule has 0 N–H and O–H groups in total. The third kappa shape index (κ3) is 5.19. The van der Waals surface area contributed by atoms with Gasteiger partial charge in [-0.05, 0) is 66.8 Å². The van der Waals surface area contributed by atoms with E-state index in [9.17, 15) is 0 Å². The molecule has 0 radical (unpaired) electrons. The second kappa shape index (κ2) is 11.1. The minimum atomic E-state index is 0.291. The molecule has 0 amide bonds. The molecule has 1 aliphatic heterocycles. The van der Waals surface area contributed by atoms with Gasteiger partial charge in [0.05, 0.1) is 38.8 Å². The van der Waals surface area contributed by atoms with Crippen LogP contribution in [-0.4, -0.2) is 38.8 Å². The number of rotatable bonds is 8. The summed E-state index contributed by atoms with van der Waals surface area (Å²) < 4.78 is 16.6. The van der Waals surface area contributed by atoms with Gasteiger partial charge in [0.15, 0.2) is 11.5 Å². The number of oxime groups is 1. The molecule has 1 fully saturated rings. The molecule has 1 saturated carbocycles. The number of aliphatic imine (C=N–C) groups is 1. The van der Waals surface area contributed by atoms with Crippen molar-refractivity contribution in [3.8, 4) is 17.2 Å². The van der Waals surface area contributed by atoms with Crippen LogP contribution in [0.2, 0.25) is 0 Å². The van der Waals surface area contributed by atoms with Crippen molar-refractivity contribution in [2.24, 2.45) is 10.1 Å². The van der Waals surface area contributed by atoms with Crippen LogP contribution in [-0.2, 0) is 11.4 Å². The quantitative estimate of drug-likeness (QED) is 0.262. The number of hydrogen-bond acceptors (Lipinski definition) is 6. The SMILES string of the molecule is COc1cccc(CON=C(C)c2cccc(C3=N[C@@H]4CCCC[C@@H]4c4cc(OC)c(OC)cc43)c2)c1. The lowest BCUT2D eigenvalue weighted by atomic mass is 9.75. The Balaban J connectivity index is 1.45. The van der Waals surface area contributed by atoms with E-state index in [2.05, 4.69) is 41.6 Å². The highest BCUT2D eigenvalue weighted by Crippen LogP contribution is 2.44. The molecule has 0 unspecified atom stereocenters. The molecule has 0 saturated heterocycles. The Hall–Kier alpha value is -3.80. The predicted molar refractivity (Wildman–Crippen MR) is 147 cm³/mol. The van der Waals surface area contributed by atoms with Gasteiger partial charge >= 0.3 is 0 Å². The summed E-state index contributed by atoms with van der Waals surface area (Å²) in [5.74, 6) is 2.72. The largest absolute Gasteiger partial charge is 0.497 e. The number of methoxy groups -OCH3 is 3. The van der Waals surface area contributed by atoms with Crippen LogP contribution in [0.4, 0.5) is 0 Å². The standard InChI is InChI=1S/C31H34N2O4/c1-20(33-37-19-21-9-7-12-24(15-21)34-2)22-10-8-11-23(16-22)31-27-18-30(36-4)29(35-3)17-26(27)25-13-5-6-14-28(25)32-31/h7-12,15-18,25,28H,5-6,13-14,19H2,1-4H3/t25-,28-/m1/s1. The summed E-state index contributed by atoms with van der Waals surface area (Å²) in [4.78, 5) is 11.0. The number of hydrogen-bond donors (Lipinski definition) is 0. The van der Waals surface area contributed by atoms with E-state index >= 15 is 0 Å². The molecule has 37 heavy (non-hydrogen) atoms. The van der Waals surface area contributed by atoms with E-state index in [-0.39, 0.29) is 0 Å². The summed E-state index contributed by atoms with van der Waals surface area (Å²) in [7, 11) is 5.03. The van der Waals surface area contributed by atoms with Crippen LogP contribution in [0.1, 0.15) is 66.3 Å². The first kappa shape index (κ1) is 24.9. The molecule has 0 aromatic heterocycles. The fourth-order valence-electron chi connectivity index (χ4n) is 5.41. The lowest BCUT2D eigenvalue weighted by molar-refractivity contribution is 0.130. The predicted octanol–water partition coefficient (Wildman–Crippen LogP) is 6.53. The fraction of sp³-hybridized carbons (Fsp3) is 0.355. The zero-order valence-corrected chi connectivity index (χ0v) is 22.0. The minimum Gasteiger partial charge on any atom is -0.497 e. The van der Waals surface area contributed by atoms with Gasteiger partial charge in [-0.3, -0.25) is 4.99 Å². The van der Waals surface area contributed by atoms with Gasteiger partial charge in [0.25, 0.3) is 0 Å². The Labute approximate surface area is 218 Å². The third-order valence-corrected chi connectivity index (χ3v) is 7.36. The maximum atomic E-state index is 5.68. The van der Waals surface area contributed by atoms with Crippen molar-refractivity contribution < 1.29 is 19.0 Å². The summed E-state index contributed by atoms with van der Waals surface area (Å²) >= 11 is 0. The molecule has 2 aliphatic rings. The van der Waals surface area contributed by atoms with Gasteiger partial charge in [0.2, 0.25) is 0 Å². The third-order valence-electron chi connectivity index (χ3n) is 7.36. The van der Waals surface area contributed by atoms with Crippen LogP contribution in [0.15, 0.2) is 70.8 Å². The second-order valence-electron chi connectivity index (χ2n) is 9.61. The van der Waals surface area contributed by atoms with E-state index in [1.54, 1.807) is 21.3 Å². The lowest BCUT2D eigenvalue weighted by Gasteiger charge is -2.35. The number of nitrogens with zero attached hydrogens (tertiary/aromatic N) is 2. The molecular weight excluding hydrogens is 464 g/mol. The molecule has 3 aromatic carbocycles. The molecular formula is C31H34N2O4. The van der Waals surface area contributed by atoms with Gasteiger partial charge in [-0.15, -0.1) is 0 Å². The van der Waals surface area contributed by atoms with Gasteiger partial charge < -0.3 is 19.0 Å². The van der Waals surface area contributed by atoms with Crippen LogP contribution in [0.3, 0.4) is 0 Å². The first-order chi connectivity index (χ1) is 18.1. The lowest BCUT2D eigenvalue weighted by Crippen LogP contribution is -2.29. The van der Waals surface area contributed by atoms with Gasteiger partial charge in [-0.1, -0.05) is 48.3 Å². The summed E-state index contributed by atoms with van der Waals surface area (Å²) in [6.45, 7) is 2.34. The highest BCUT2D eigenvalue weighted by Gasteiger charge is 2.34. The average molecular weight is 499 g/mol. The molecule has 5 rings (SSSR count). The molecule has 0 bridgehead atoms. The zero-order chi connectivity index (χ0) is 25.8.